The van der Waals surface area contributed by atoms with Gasteiger partial charge in [0, 0.05) is 12.1 Å². The number of hydrogen-bond acceptors (Lipinski definition) is 9. The molecule has 0 aliphatic carbocycles. The van der Waals surface area contributed by atoms with Crippen molar-refractivity contribution in [2.24, 2.45) is 0 Å². The third-order valence-corrected chi connectivity index (χ3v) is 5.64. The fraction of sp³-hybridized carbons (Fsp3) is 0.368. The molecule has 0 radical (unpaired) electrons. The normalized spacial score (nSPS) is 12.0. The van der Waals surface area contributed by atoms with Crippen LogP contribution >= 0.6 is 23.1 Å². The van der Waals surface area contributed by atoms with Crippen LogP contribution in [0.15, 0.2) is 28.8 Å². The minimum absolute atomic E-state index is 0.0761. The molecule has 0 aliphatic rings. The summed E-state index contributed by atoms with van der Waals surface area (Å²) in [5.74, 6) is 0.750. The summed E-state index contributed by atoms with van der Waals surface area (Å²) < 4.78 is 16.7. The van der Waals surface area contributed by atoms with Gasteiger partial charge < -0.3 is 19.3 Å². The first-order valence-electron chi connectivity index (χ1n) is 8.83. The molecule has 8 nitrogen and oxygen atoms in total. The lowest BCUT2D eigenvalue weighted by Gasteiger charge is -2.14. The number of hydrogen-bond donors (Lipinski definition) is 1. The predicted octanol–water partition coefficient (Wildman–Crippen LogP) is 3.20. The zero-order valence-electron chi connectivity index (χ0n) is 16.3. The van der Waals surface area contributed by atoms with Crippen LogP contribution in [0.4, 0.5) is 0 Å². The van der Waals surface area contributed by atoms with Gasteiger partial charge in [0.05, 0.1) is 22.3 Å². The molecule has 0 fully saturated rings. The second kappa shape index (κ2) is 9.75. The van der Waals surface area contributed by atoms with E-state index in [-0.39, 0.29) is 12.3 Å². The lowest BCUT2D eigenvalue weighted by Crippen LogP contribution is -2.42. The van der Waals surface area contributed by atoms with Crippen molar-refractivity contribution in [3.05, 3.63) is 40.7 Å². The fourth-order valence-corrected chi connectivity index (χ4v) is 3.89. The van der Waals surface area contributed by atoms with Gasteiger partial charge in [-0.25, -0.2) is 9.78 Å². The molecule has 1 atom stereocenters. The van der Waals surface area contributed by atoms with Crippen molar-refractivity contribution in [1.29, 1.82) is 0 Å². The number of methoxy groups -OCH3 is 1. The number of carbonyl (C=O) groups is 2. The number of aryl methyl sites for hydroxylation is 1. The standard InChI is InChI=1S/C19H21N3O5S2/c1-11-20-15-8-12(4-5-17(15)29-11)26-10-13-9-16(22-27-13)18(23)21-14(6-7-28-3)19(24)25-2/h4-5,8-9,14H,6-7,10H2,1-3H3,(H,21,23)/t14-/m0/s1. The van der Waals surface area contributed by atoms with E-state index in [0.29, 0.717) is 23.7 Å². The van der Waals surface area contributed by atoms with E-state index >= 15 is 0 Å². The Balaban J connectivity index is 1.59. The van der Waals surface area contributed by atoms with Crippen molar-refractivity contribution in [3.8, 4) is 5.75 Å². The van der Waals surface area contributed by atoms with E-state index in [0.717, 1.165) is 15.2 Å². The zero-order chi connectivity index (χ0) is 20.8. The van der Waals surface area contributed by atoms with Gasteiger partial charge in [0.2, 0.25) is 0 Å². The van der Waals surface area contributed by atoms with Crippen LogP contribution in [0.5, 0.6) is 5.75 Å². The molecule has 2 heterocycles. The van der Waals surface area contributed by atoms with E-state index in [9.17, 15) is 9.59 Å². The largest absolute Gasteiger partial charge is 0.485 e. The van der Waals surface area contributed by atoms with E-state index in [1.54, 1.807) is 23.1 Å². The van der Waals surface area contributed by atoms with Crippen LogP contribution in [-0.2, 0) is 16.1 Å². The van der Waals surface area contributed by atoms with Gasteiger partial charge in [0.15, 0.2) is 11.5 Å². The maximum atomic E-state index is 12.4. The minimum Gasteiger partial charge on any atom is -0.485 e. The molecule has 0 unspecified atom stereocenters. The second-order valence-electron chi connectivity index (χ2n) is 6.16. The number of nitrogens with one attached hydrogen (secondary N) is 1. The summed E-state index contributed by atoms with van der Waals surface area (Å²) in [5.41, 5.74) is 0.953. The summed E-state index contributed by atoms with van der Waals surface area (Å²) in [5, 5.41) is 7.39. The molecule has 2 aromatic heterocycles. The average Bonchev–Trinajstić information content (AvgIpc) is 3.34. The van der Waals surface area contributed by atoms with E-state index in [2.05, 4.69) is 15.5 Å². The van der Waals surface area contributed by atoms with Gasteiger partial charge in [0.25, 0.3) is 5.91 Å². The number of aromatic nitrogens is 2. The molecule has 0 aliphatic heterocycles. The monoisotopic (exact) mass is 435 g/mol. The van der Waals surface area contributed by atoms with E-state index in [1.165, 1.54) is 13.2 Å². The fourth-order valence-electron chi connectivity index (χ4n) is 2.61. The summed E-state index contributed by atoms with van der Waals surface area (Å²) >= 11 is 3.20. The highest BCUT2D eigenvalue weighted by atomic mass is 32.2. The van der Waals surface area contributed by atoms with Crippen LogP contribution in [0, 0.1) is 6.92 Å². The van der Waals surface area contributed by atoms with Crippen LogP contribution in [0.2, 0.25) is 0 Å². The number of amides is 1. The summed E-state index contributed by atoms with van der Waals surface area (Å²) in [7, 11) is 1.29. The highest BCUT2D eigenvalue weighted by molar-refractivity contribution is 7.98. The number of thiazole rings is 1. The molecule has 0 saturated carbocycles. The Morgan fingerprint density at radius 1 is 1.34 bits per heavy atom. The highest BCUT2D eigenvalue weighted by Gasteiger charge is 2.23. The van der Waals surface area contributed by atoms with Gasteiger partial charge in [-0.05, 0) is 37.5 Å². The minimum atomic E-state index is -0.732. The maximum absolute atomic E-state index is 12.4. The van der Waals surface area contributed by atoms with Crippen molar-refractivity contribution in [2.75, 3.05) is 19.1 Å². The first kappa shape index (κ1) is 21.1. The maximum Gasteiger partial charge on any atom is 0.328 e. The van der Waals surface area contributed by atoms with Gasteiger partial charge >= 0.3 is 5.97 Å². The van der Waals surface area contributed by atoms with Gasteiger partial charge in [0.1, 0.15) is 18.4 Å². The smallest absolute Gasteiger partial charge is 0.328 e. The Morgan fingerprint density at radius 3 is 2.93 bits per heavy atom. The molecule has 0 spiro atoms. The number of fused-ring (bicyclic) bond motifs is 1. The van der Waals surface area contributed by atoms with Crippen LogP contribution < -0.4 is 10.1 Å². The number of ether oxygens (including phenoxy) is 2. The summed E-state index contributed by atoms with van der Waals surface area (Å²) in [6, 6.07) is 6.43. The topological polar surface area (TPSA) is 104 Å². The SMILES string of the molecule is COC(=O)[C@H](CCSC)NC(=O)c1cc(COc2ccc3sc(C)nc3c2)on1. The molecule has 0 saturated heterocycles. The van der Waals surface area contributed by atoms with Crippen molar-refractivity contribution >= 4 is 45.2 Å². The molecular weight excluding hydrogens is 414 g/mol. The van der Waals surface area contributed by atoms with E-state index in [1.807, 2.05) is 31.4 Å². The molecule has 0 bridgehead atoms. The number of carbonyl (C=O) groups excluding carboxylic acids is 2. The summed E-state index contributed by atoms with van der Waals surface area (Å²) in [6.07, 6.45) is 2.39. The molecular formula is C19H21N3O5S2. The number of rotatable bonds is 9. The van der Waals surface area contributed by atoms with Crippen LogP contribution in [0.1, 0.15) is 27.7 Å². The Morgan fingerprint density at radius 2 is 2.17 bits per heavy atom. The molecule has 154 valence electrons. The Bertz CT molecular complexity index is 1000. The first-order chi connectivity index (χ1) is 14.0. The number of thioether (sulfide) groups is 1. The molecule has 29 heavy (non-hydrogen) atoms. The van der Waals surface area contributed by atoms with Crippen molar-refractivity contribution in [3.63, 3.8) is 0 Å². The second-order valence-corrected chi connectivity index (χ2v) is 8.38. The third-order valence-electron chi connectivity index (χ3n) is 4.04. The van der Waals surface area contributed by atoms with Gasteiger partial charge in [-0.2, -0.15) is 11.8 Å². The van der Waals surface area contributed by atoms with Crippen LogP contribution in [0.25, 0.3) is 10.2 Å². The van der Waals surface area contributed by atoms with Gasteiger partial charge in [-0.3, -0.25) is 4.79 Å². The predicted molar refractivity (Wildman–Crippen MR) is 111 cm³/mol. The quantitative estimate of drug-likeness (QED) is 0.511. The molecule has 1 aromatic carbocycles. The van der Waals surface area contributed by atoms with Gasteiger partial charge in [-0.1, -0.05) is 5.16 Å². The third kappa shape index (κ3) is 5.48. The Labute approximate surface area is 176 Å². The number of esters is 1. The average molecular weight is 436 g/mol. The van der Waals surface area contributed by atoms with Crippen molar-refractivity contribution < 1.29 is 23.6 Å². The zero-order valence-corrected chi connectivity index (χ0v) is 17.9. The van der Waals surface area contributed by atoms with Crippen molar-refractivity contribution in [2.45, 2.75) is 26.0 Å². The first-order valence-corrected chi connectivity index (χ1v) is 11.0. The highest BCUT2D eigenvalue weighted by Crippen LogP contribution is 2.26. The van der Waals surface area contributed by atoms with E-state index in [4.69, 9.17) is 14.0 Å². The van der Waals surface area contributed by atoms with Gasteiger partial charge in [-0.15, -0.1) is 11.3 Å². The summed E-state index contributed by atoms with van der Waals surface area (Å²) in [6.45, 7) is 2.07. The molecule has 1 amide bonds. The Kier molecular flexibility index (Phi) is 7.10. The van der Waals surface area contributed by atoms with Crippen LogP contribution in [0.3, 0.4) is 0 Å². The molecule has 1 N–H and O–H groups in total. The molecule has 3 rings (SSSR count). The van der Waals surface area contributed by atoms with Crippen LogP contribution in [-0.4, -0.2) is 47.2 Å². The molecule has 10 heteroatoms. The number of benzene rings is 1. The van der Waals surface area contributed by atoms with Crippen molar-refractivity contribution in [1.82, 2.24) is 15.5 Å². The lowest BCUT2D eigenvalue weighted by atomic mass is 10.2. The van der Waals surface area contributed by atoms with E-state index < -0.39 is 17.9 Å². The number of nitrogens with zero attached hydrogens (tertiary/aromatic N) is 2. The molecule has 3 aromatic rings. The Hall–Kier alpha value is -2.59. The summed E-state index contributed by atoms with van der Waals surface area (Å²) in [4.78, 5) is 28.6. The lowest BCUT2D eigenvalue weighted by molar-refractivity contribution is -0.142.